The molecule has 3 amide bonds. The van der Waals surface area contributed by atoms with Gasteiger partial charge >= 0.3 is 6.03 Å². The molecular formula is C8H11N3O2S. The van der Waals surface area contributed by atoms with Gasteiger partial charge in [0.05, 0.1) is 5.56 Å². The van der Waals surface area contributed by atoms with Crippen molar-refractivity contribution >= 4 is 28.3 Å². The van der Waals surface area contributed by atoms with Crippen LogP contribution in [0, 0.1) is 0 Å². The third kappa shape index (κ3) is 2.23. The zero-order chi connectivity index (χ0) is 10.6. The van der Waals surface area contributed by atoms with Crippen molar-refractivity contribution in [3.63, 3.8) is 0 Å². The van der Waals surface area contributed by atoms with Crippen LogP contribution in [0.5, 0.6) is 0 Å². The van der Waals surface area contributed by atoms with Crippen molar-refractivity contribution in [1.29, 1.82) is 0 Å². The van der Waals surface area contributed by atoms with E-state index in [4.69, 9.17) is 0 Å². The highest BCUT2D eigenvalue weighted by Crippen LogP contribution is 2.22. The fourth-order valence-electron chi connectivity index (χ4n) is 0.885. The van der Waals surface area contributed by atoms with Crippen molar-refractivity contribution in [3.8, 4) is 0 Å². The van der Waals surface area contributed by atoms with Gasteiger partial charge in [-0.25, -0.2) is 4.79 Å². The summed E-state index contributed by atoms with van der Waals surface area (Å²) in [7, 11) is 3.06. The van der Waals surface area contributed by atoms with Gasteiger partial charge in [0.15, 0.2) is 0 Å². The number of carbonyl (C=O) groups excluding carboxylic acids is 2. The smallest absolute Gasteiger partial charge is 0.319 e. The van der Waals surface area contributed by atoms with Crippen molar-refractivity contribution in [2.24, 2.45) is 0 Å². The molecule has 0 aromatic carbocycles. The summed E-state index contributed by atoms with van der Waals surface area (Å²) in [5.41, 5.74) is 0.473. The average molecular weight is 213 g/mol. The number of nitrogens with one attached hydrogen (secondary N) is 3. The first-order chi connectivity index (χ1) is 6.69. The van der Waals surface area contributed by atoms with Gasteiger partial charge in [-0.3, -0.25) is 10.1 Å². The van der Waals surface area contributed by atoms with Gasteiger partial charge < -0.3 is 10.6 Å². The molecule has 0 aliphatic rings. The van der Waals surface area contributed by atoms with E-state index in [2.05, 4.69) is 16.0 Å². The minimum absolute atomic E-state index is 0.211. The summed E-state index contributed by atoms with van der Waals surface area (Å²) < 4.78 is 0. The molecule has 1 aromatic heterocycles. The van der Waals surface area contributed by atoms with E-state index < -0.39 is 0 Å². The Labute approximate surface area is 85.5 Å². The fourth-order valence-corrected chi connectivity index (χ4v) is 1.66. The first-order valence-corrected chi connectivity index (χ1v) is 4.85. The molecule has 0 aliphatic carbocycles. The third-order valence-corrected chi connectivity index (χ3v) is 2.42. The molecule has 3 N–H and O–H groups in total. The number of rotatable bonds is 2. The maximum absolute atomic E-state index is 11.3. The number of hydrogen-bond acceptors (Lipinski definition) is 3. The normalized spacial score (nSPS) is 9.29. The first-order valence-electron chi connectivity index (χ1n) is 3.97. The molecule has 0 fully saturated rings. The van der Waals surface area contributed by atoms with Crippen LogP contribution in [-0.2, 0) is 0 Å². The molecule has 1 aromatic rings. The highest BCUT2D eigenvalue weighted by Gasteiger charge is 2.12. The predicted octanol–water partition coefficient (Wildman–Crippen LogP) is 0.859. The van der Waals surface area contributed by atoms with Crippen molar-refractivity contribution < 1.29 is 9.59 Å². The van der Waals surface area contributed by atoms with Crippen LogP contribution in [0.1, 0.15) is 10.4 Å². The topological polar surface area (TPSA) is 70.2 Å². The maximum Gasteiger partial charge on any atom is 0.319 e. The molecule has 5 nitrogen and oxygen atoms in total. The molecule has 0 saturated carbocycles. The molecular weight excluding hydrogens is 202 g/mol. The van der Waals surface area contributed by atoms with Crippen molar-refractivity contribution in [2.45, 2.75) is 0 Å². The molecule has 0 atom stereocenters. The van der Waals surface area contributed by atoms with E-state index in [1.54, 1.807) is 18.5 Å². The number of anilines is 1. The Hall–Kier alpha value is -1.56. The van der Waals surface area contributed by atoms with Gasteiger partial charge in [0.2, 0.25) is 0 Å². The summed E-state index contributed by atoms with van der Waals surface area (Å²) in [6, 6.07) is 1.33. The Morgan fingerprint density at radius 1 is 1.29 bits per heavy atom. The minimum atomic E-state index is -0.336. The van der Waals surface area contributed by atoms with Crippen LogP contribution < -0.4 is 16.0 Å². The van der Waals surface area contributed by atoms with Gasteiger partial charge in [0.25, 0.3) is 5.91 Å². The standard InChI is InChI=1S/C8H11N3O2S/c1-9-6(12)5-3-4-14-7(5)11-8(13)10-2/h3-4H,1-2H3,(H,9,12)(H2,10,11,13). The molecule has 0 bridgehead atoms. The predicted molar refractivity (Wildman–Crippen MR) is 55.8 cm³/mol. The molecule has 1 heterocycles. The van der Waals surface area contributed by atoms with Gasteiger partial charge in [-0.05, 0) is 11.4 Å². The lowest BCUT2D eigenvalue weighted by atomic mass is 10.3. The zero-order valence-corrected chi connectivity index (χ0v) is 8.70. The Kier molecular flexibility index (Phi) is 3.47. The van der Waals surface area contributed by atoms with Gasteiger partial charge in [0, 0.05) is 14.1 Å². The van der Waals surface area contributed by atoms with E-state index in [1.807, 2.05) is 0 Å². The van der Waals surface area contributed by atoms with Crippen molar-refractivity contribution in [2.75, 3.05) is 19.4 Å². The van der Waals surface area contributed by atoms with Crippen LogP contribution >= 0.6 is 11.3 Å². The van der Waals surface area contributed by atoms with Crippen LogP contribution in [0.4, 0.5) is 9.80 Å². The molecule has 76 valence electrons. The lowest BCUT2D eigenvalue weighted by molar-refractivity contribution is 0.0964. The zero-order valence-electron chi connectivity index (χ0n) is 7.88. The van der Waals surface area contributed by atoms with Crippen LogP contribution in [-0.4, -0.2) is 26.0 Å². The fraction of sp³-hybridized carbons (Fsp3) is 0.250. The Balaban J connectivity index is 2.82. The summed E-state index contributed by atoms with van der Waals surface area (Å²) in [5.74, 6) is -0.211. The lowest BCUT2D eigenvalue weighted by Gasteiger charge is -2.03. The second-order valence-electron chi connectivity index (χ2n) is 2.45. The monoisotopic (exact) mass is 213 g/mol. The largest absolute Gasteiger partial charge is 0.355 e. The molecule has 6 heteroatoms. The second kappa shape index (κ2) is 4.61. The molecule has 0 radical (unpaired) electrons. The third-order valence-electron chi connectivity index (χ3n) is 1.59. The number of hydrogen-bond donors (Lipinski definition) is 3. The average Bonchev–Trinajstić information content (AvgIpc) is 2.64. The quantitative estimate of drug-likeness (QED) is 0.682. The summed E-state index contributed by atoms with van der Waals surface area (Å²) in [6.07, 6.45) is 0. The summed E-state index contributed by atoms with van der Waals surface area (Å²) >= 11 is 1.30. The van der Waals surface area contributed by atoms with Crippen LogP contribution in [0.25, 0.3) is 0 Å². The number of urea groups is 1. The molecule has 0 aliphatic heterocycles. The molecule has 1 rings (SSSR count). The van der Waals surface area contributed by atoms with Gasteiger partial charge in [-0.2, -0.15) is 0 Å². The van der Waals surface area contributed by atoms with E-state index in [-0.39, 0.29) is 11.9 Å². The minimum Gasteiger partial charge on any atom is -0.355 e. The van der Waals surface area contributed by atoms with E-state index in [1.165, 1.54) is 18.4 Å². The first kappa shape index (κ1) is 10.5. The van der Waals surface area contributed by atoms with Crippen LogP contribution in [0.2, 0.25) is 0 Å². The van der Waals surface area contributed by atoms with Gasteiger partial charge in [-0.1, -0.05) is 0 Å². The maximum atomic E-state index is 11.3. The second-order valence-corrected chi connectivity index (χ2v) is 3.36. The number of carbonyl (C=O) groups is 2. The van der Waals surface area contributed by atoms with E-state index in [9.17, 15) is 9.59 Å². The SMILES string of the molecule is CNC(=O)Nc1sccc1C(=O)NC. The summed E-state index contributed by atoms with van der Waals surface area (Å²) in [4.78, 5) is 22.3. The number of thiophene rings is 1. The highest BCUT2D eigenvalue weighted by molar-refractivity contribution is 7.14. The highest BCUT2D eigenvalue weighted by atomic mass is 32.1. The summed E-state index contributed by atoms with van der Waals surface area (Å²) in [5, 5.41) is 9.76. The Morgan fingerprint density at radius 3 is 2.57 bits per heavy atom. The summed E-state index contributed by atoms with van der Waals surface area (Å²) in [6.45, 7) is 0. The van der Waals surface area contributed by atoms with Crippen molar-refractivity contribution in [3.05, 3.63) is 17.0 Å². The Morgan fingerprint density at radius 2 is 2.00 bits per heavy atom. The number of amides is 3. The van der Waals surface area contributed by atoms with E-state index >= 15 is 0 Å². The van der Waals surface area contributed by atoms with Crippen LogP contribution in [0.15, 0.2) is 11.4 Å². The molecule has 14 heavy (non-hydrogen) atoms. The van der Waals surface area contributed by atoms with Gasteiger partial charge in [0.1, 0.15) is 5.00 Å². The molecule has 0 unspecified atom stereocenters. The van der Waals surface area contributed by atoms with Crippen molar-refractivity contribution in [1.82, 2.24) is 10.6 Å². The lowest BCUT2D eigenvalue weighted by Crippen LogP contribution is -2.26. The molecule has 0 saturated heterocycles. The molecule has 0 spiro atoms. The van der Waals surface area contributed by atoms with Gasteiger partial charge in [-0.15, -0.1) is 11.3 Å². The van der Waals surface area contributed by atoms with E-state index in [0.717, 1.165) is 0 Å². The van der Waals surface area contributed by atoms with E-state index in [0.29, 0.717) is 10.6 Å². The Bertz CT molecular complexity index is 348. The van der Waals surface area contributed by atoms with Crippen LogP contribution in [0.3, 0.4) is 0 Å².